The van der Waals surface area contributed by atoms with Crippen LogP contribution in [-0.2, 0) is 0 Å². The summed E-state index contributed by atoms with van der Waals surface area (Å²) in [6.07, 6.45) is 3.49. The van der Waals surface area contributed by atoms with Crippen LogP contribution in [0.3, 0.4) is 0 Å². The zero-order valence-corrected chi connectivity index (χ0v) is 10.9. The largest absolute Gasteiger partial charge is 0.388 e. The summed E-state index contributed by atoms with van der Waals surface area (Å²) in [7, 11) is 0. The topological polar surface area (TPSA) is 48.0 Å². The molecule has 0 aliphatic carbocycles. The van der Waals surface area contributed by atoms with E-state index in [9.17, 15) is 5.11 Å². The first-order valence-electron chi connectivity index (χ1n) is 6.41. The van der Waals surface area contributed by atoms with Crippen LogP contribution < -0.4 is 5.32 Å². The summed E-state index contributed by atoms with van der Waals surface area (Å²) in [5.74, 6) is 0.321. The molecule has 96 valence electrons. The fourth-order valence-corrected chi connectivity index (χ4v) is 3.10. The van der Waals surface area contributed by atoms with Crippen LogP contribution in [0.4, 0.5) is 0 Å². The Morgan fingerprint density at radius 3 is 2.83 bits per heavy atom. The molecule has 1 atom stereocenters. The third kappa shape index (κ3) is 2.03. The van der Waals surface area contributed by atoms with Gasteiger partial charge >= 0.3 is 0 Å². The Hall–Kier alpha value is -1.03. The van der Waals surface area contributed by atoms with Gasteiger partial charge in [0.2, 0.25) is 0 Å². The van der Waals surface area contributed by atoms with Crippen molar-refractivity contribution in [3.8, 4) is 0 Å². The van der Waals surface area contributed by atoms with Gasteiger partial charge < -0.3 is 15.4 Å². The molecule has 1 aromatic heterocycles. The molecule has 1 aliphatic heterocycles. The number of hydrogen-bond acceptors (Lipinski definition) is 2. The molecule has 0 bridgehead atoms. The Morgan fingerprint density at radius 2 is 2.06 bits per heavy atom. The Labute approximate surface area is 111 Å². The van der Waals surface area contributed by atoms with Crippen LogP contribution in [0, 0.1) is 5.92 Å². The summed E-state index contributed by atoms with van der Waals surface area (Å²) in [5.41, 5.74) is 1.92. The second kappa shape index (κ2) is 4.92. The highest BCUT2D eigenvalue weighted by Gasteiger charge is 2.25. The maximum atomic E-state index is 10.6. The Balaban J connectivity index is 1.98. The van der Waals surface area contributed by atoms with Crippen LogP contribution in [-0.4, -0.2) is 23.2 Å². The molecule has 1 unspecified atom stereocenters. The molecule has 3 N–H and O–H groups in total. The maximum absolute atomic E-state index is 10.6. The minimum atomic E-state index is -0.430. The predicted molar refractivity (Wildman–Crippen MR) is 73.9 cm³/mol. The van der Waals surface area contributed by atoms with Gasteiger partial charge in [0, 0.05) is 22.7 Å². The summed E-state index contributed by atoms with van der Waals surface area (Å²) in [6, 6.07) is 5.78. The van der Waals surface area contributed by atoms with E-state index >= 15 is 0 Å². The quantitative estimate of drug-likeness (QED) is 0.781. The van der Waals surface area contributed by atoms with E-state index in [-0.39, 0.29) is 0 Å². The van der Waals surface area contributed by atoms with Crippen molar-refractivity contribution in [1.29, 1.82) is 0 Å². The summed E-state index contributed by atoms with van der Waals surface area (Å²) in [6.45, 7) is 1.97. The van der Waals surface area contributed by atoms with Crippen molar-refractivity contribution < 1.29 is 5.11 Å². The van der Waals surface area contributed by atoms with Crippen LogP contribution in [0.15, 0.2) is 24.4 Å². The molecule has 0 spiro atoms. The minimum absolute atomic E-state index is 0.321. The average Bonchev–Trinajstić information content (AvgIpc) is 2.84. The lowest BCUT2D eigenvalue weighted by Gasteiger charge is -2.27. The number of aliphatic hydroxyl groups is 1. The fraction of sp³-hybridized carbons (Fsp3) is 0.429. The van der Waals surface area contributed by atoms with E-state index in [0.717, 1.165) is 42.4 Å². The van der Waals surface area contributed by atoms with Gasteiger partial charge in [0.05, 0.1) is 11.1 Å². The number of H-pyrrole nitrogens is 1. The normalized spacial score (nSPS) is 19.2. The molecule has 1 fully saturated rings. The minimum Gasteiger partial charge on any atom is -0.388 e. The number of aromatic nitrogens is 1. The van der Waals surface area contributed by atoms with E-state index in [4.69, 9.17) is 11.6 Å². The van der Waals surface area contributed by atoms with Gasteiger partial charge in [-0.15, -0.1) is 0 Å². The molecule has 2 heterocycles. The zero-order valence-electron chi connectivity index (χ0n) is 10.1. The van der Waals surface area contributed by atoms with Gasteiger partial charge in [-0.3, -0.25) is 0 Å². The average molecular weight is 265 g/mol. The number of hydrogen-bond donors (Lipinski definition) is 3. The van der Waals surface area contributed by atoms with Gasteiger partial charge in [0.25, 0.3) is 0 Å². The zero-order chi connectivity index (χ0) is 12.5. The first-order valence-corrected chi connectivity index (χ1v) is 6.79. The van der Waals surface area contributed by atoms with E-state index in [0.29, 0.717) is 10.9 Å². The van der Waals surface area contributed by atoms with E-state index in [1.807, 2.05) is 24.4 Å². The fourth-order valence-electron chi connectivity index (χ4n) is 2.81. The van der Waals surface area contributed by atoms with Gasteiger partial charge in [-0.05, 0) is 44.0 Å². The van der Waals surface area contributed by atoms with Crippen LogP contribution in [0.1, 0.15) is 24.5 Å². The Bertz CT molecular complexity index is 546. The molecule has 2 aromatic rings. The van der Waals surface area contributed by atoms with E-state index in [1.165, 1.54) is 0 Å². The lowest BCUT2D eigenvalue weighted by molar-refractivity contribution is 0.0902. The van der Waals surface area contributed by atoms with E-state index in [1.54, 1.807) is 0 Å². The molecule has 3 nitrogen and oxygen atoms in total. The number of aliphatic hydroxyl groups excluding tert-OH is 1. The van der Waals surface area contributed by atoms with Crippen molar-refractivity contribution in [2.45, 2.75) is 18.9 Å². The summed E-state index contributed by atoms with van der Waals surface area (Å²) in [5, 5.41) is 15.5. The molecule has 0 radical (unpaired) electrons. The third-order valence-electron chi connectivity index (χ3n) is 3.83. The summed E-state index contributed by atoms with van der Waals surface area (Å²) in [4.78, 5) is 3.19. The van der Waals surface area contributed by atoms with Crippen LogP contribution in [0.2, 0.25) is 5.02 Å². The molecule has 4 heteroatoms. The number of nitrogens with one attached hydrogen (secondary N) is 2. The Morgan fingerprint density at radius 1 is 1.28 bits per heavy atom. The molecule has 0 saturated carbocycles. The first kappa shape index (κ1) is 12.0. The monoisotopic (exact) mass is 264 g/mol. The van der Waals surface area contributed by atoms with Crippen LogP contribution in [0.5, 0.6) is 0 Å². The lowest BCUT2D eigenvalue weighted by atomic mass is 9.88. The van der Waals surface area contributed by atoms with Gasteiger partial charge in [-0.25, -0.2) is 0 Å². The number of halogens is 1. The Kier molecular flexibility index (Phi) is 3.29. The molecule has 1 aliphatic rings. The number of rotatable bonds is 2. The van der Waals surface area contributed by atoms with Crippen molar-refractivity contribution >= 4 is 22.5 Å². The van der Waals surface area contributed by atoms with Gasteiger partial charge in [-0.2, -0.15) is 0 Å². The highest BCUT2D eigenvalue weighted by molar-refractivity contribution is 6.35. The SMILES string of the molecule is OC(c1c[nH]c2cccc(Cl)c12)C1CCNCC1. The predicted octanol–water partition coefficient (Wildman–Crippen LogP) is 2.85. The first-order chi connectivity index (χ1) is 8.77. The van der Waals surface area contributed by atoms with Crippen molar-refractivity contribution in [2.75, 3.05) is 13.1 Å². The smallest absolute Gasteiger partial charge is 0.0840 e. The number of aromatic amines is 1. The highest BCUT2D eigenvalue weighted by Crippen LogP contribution is 2.36. The molecular weight excluding hydrogens is 248 g/mol. The van der Waals surface area contributed by atoms with Crippen LogP contribution in [0.25, 0.3) is 10.9 Å². The number of piperidine rings is 1. The number of benzene rings is 1. The molecule has 3 rings (SSSR count). The molecule has 1 saturated heterocycles. The van der Waals surface area contributed by atoms with Gasteiger partial charge in [-0.1, -0.05) is 17.7 Å². The number of fused-ring (bicyclic) bond motifs is 1. The maximum Gasteiger partial charge on any atom is 0.0840 e. The second-order valence-corrected chi connectivity index (χ2v) is 5.35. The van der Waals surface area contributed by atoms with E-state index in [2.05, 4.69) is 10.3 Å². The standard InChI is InChI=1S/C14H17ClN2O/c15-11-2-1-3-12-13(11)10(8-17-12)14(18)9-4-6-16-7-5-9/h1-3,8-9,14,16-18H,4-7H2. The molecule has 18 heavy (non-hydrogen) atoms. The second-order valence-electron chi connectivity index (χ2n) is 4.94. The van der Waals surface area contributed by atoms with Gasteiger partial charge in [0.1, 0.15) is 0 Å². The summed E-state index contributed by atoms with van der Waals surface area (Å²) < 4.78 is 0. The highest BCUT2D eigenvalue weighted by atomic mass is 35.5. The summed E-state index contributed by atoms with van der Waals surface area (Å²) >= 11 is 6.24. The third-order valence-corrected chi connectivity index (χ3v) is 4.15. The lowest BCUT2D eigenvalue weighted by Crippen LogP contribution is -2.30. The molecular formula is C14H17ClN2O. The van der Waals surface area contributed by atoms with E-state index < -0.39 is 6.10 Å². The van der Waals surface area contributed by atoms with Crippen molar-refractivity contribution in [2.24, 2.45) is 5.92 Å². The molecule has 1 aromatic carbocycles. The van der Waals surface area contributed by atoms with Crippen LogP contribution >= 0.6 is 11.6 Å². The van der Waals surface area contributed by atoms with Crippen molar-refractivity contribution in [1.82, 2.24) is 10.3 Å². The van der Waals surface area contributed by atoms with Crippen molar-refractivity contribution in [3.63, 3.8) is 0 Å². The van der Waals surface area contributed by atoms with Crippen molar-refractivity contribution in [3.05, 3.63) is 35.0 Å². The molecule has 0 amide bonds. The van der Waals surface area contributed by atoms with Gasteiger partial charge in [0.15, 0.2) is 0 Å².